The van der Waals surface area contributed by atoms with Crippen LogP contribution in [0.25, 0.3) is 11.0 Å². The number of sulfonamides is 1. The van der Waals surface area contributed by atoms with Gasteiger partial charge in [0.25, 0.3) is 0 Å². The maximum absolute atomic E-state index is 12.2. The molecular weight excluding hydrogens is 356 g/mol. The Hall–Kier alpha value is -2.20. The van der Waals surface area contributed by atoms with Crippen molar-refractivity contribution in [2.24, 2.45) is 0 Å². The first-order valence-electron chi connectivity index (χ1n) is 8.63. The SMILES string of the molecule is CCC(C)NC(=O)NCCn1nnc2cc(S(=O)(=O)NC(C)C)ccc21. The summed E-state index contributed by atoms with van der Waals surface area (Å²) in [7, 11) is -3.58. The first-order chi connectivity index (χ1) is 12.2. The van der Waals surface area contributed by atoms with E-state index in [9.17, 15) is 13.2 Å². The molecule has 3 N–H and O–H groups in total. The van der Waals surface area contributed by atoms with Crippen LogP contribution in [0.15, 0.2) is 23.1 Å². The molecule has 2 aromatic rings. The summed E-state index contributed by atoms with van der Waals surface area (Å²) < 4.78 is 28.6. The number of nitrogens with zero attached hydrogens (tertiary/aromatic N) is 3. The van der Waals surface area contributed by atoms with E-state index in [1.165, 1.54) is 12.1 Å². The zero-order valence-electron chi connectivity index (χ0n) is 15.5. The van der Waals surface area contributed by atoms with Crippen LogP contribution in [-0.4, -0.2) is 48.1 Å². The van der Waals surface area contributed by atoms with Gasteiger partial charge in [-0.05, 0) is 45.4 Å². The molecule has 1 unspecified atom stereocenters. The summed E-state index contributed by atoms with van der Waals surface area (Å²) in [6, 6.07) is 4.38. The Kier molecular flexibility index (Phi) is 6.54. The molecule has 10 heteroatoms. The summed E-state index contributed by atoms with van der Waals surface area (Å²) in [5, 5.41) is 13.6. The van der Waals surface area contributed by atoms with Gasteiger partial charge in [0.2, 0.25) is 10.0 Å². The Bertz CT molecular complexity index is 862. The molecule has 0 saturated carbocycles. The quantitative estimate of drug-likeness (QED) is 0.634. The van der Waals surface area contributed by atoms with Gasteiger partial charge < -0.3 is 10.6 Å². The lowest BCUT2D eigenvalue weighted by molar-refractivity contribution is 0.237. The molecule has 0 spiro atoms. The Balaban J connectivity index is 2.04. The number of benzene rings is 1. The van der Waals surface area contributed by atoms with Crippen LogP contribution < -0.4 is 15.4 Å². The van der Waals surface area contributed by atoms with E-state index in [0.717, 1.165) is 6.42 Å². The van der Waals surface area contributed by atoms with Gasteiger partial charge in [-0.2, -0.15) is 0 Å². The predicted molar refractivity (Wildman–Crippen MR) is 99.3 cm³/mol. The van der Waals surface area contributed by atoms with Crippen LogP contribution in [0.5, 0.6) is 0 Å². The Morgan fingerprint density at radius 3 is 2.65 bits per heavy atom. The summed E-state index contributed by atoms with van der Waals surface area (Å²) in [6.07, 6.45) is 0.859. The van der Waals surface area contributed by atoms with Crippen LogP contribution in [0, 0.1) is 0 Å². The van der Waals surface area contributed by atoms with Gasteiger partial charge in [-0.15, -0.1) is 5.10 Å². The minimum absolute atomic E-state index is 0.113. The average molecular weight is 382 g/mol. The molecule has 1 aromatic carbocycles. The zero-order chi connectivity index (χ0) is 19.3. The van der Waals surface area contributed by atoms with E-state index in [2.05, 4.69) is 25.7 Å². The lowest BCUT2D eigenvalue weighted by atomic mass is 10.3. The highest BCUT2D eigenvalue weighted by molar-refractivity contribution is 7.89. The largest absolute Gasteiger partial charge is 0.336 e. The van der Waals surface area contributed by atoms with Crippen LogP contribution in [0.2, 0.25) is 0 Å². The molecule has 26 heavy (non-hydrogen) atoms. The molecule has 0 aliphatic heterocycles. The molecule has 1 aromatic heterocycles. The molecule has 2 amide bonds. The number of fused-ring (bicyclic) bond motifs is 1. The Morgan fingerprint density at radius 2 is 2.00 bits per heavy atom. The topological polar surface area (TPSA) is 118 Å². The lowest BCUT2D eigenvalue weighted by Gasteiger charge is -2.12. The summed E-state index contributed by atoms with van der Waals surface area (Å²) in [5.41, 5.74) is 1.19. The van der Waals surface area contributed by atoms with Gasteiger partial charge in [0.1, 0.15) is 5.52 Å². The van der Waals surface area contributed by atoms with Gasteiger partial charge in [-0.25, -0.2) is 22.6 Å². The standard InChI is InChI=1S/C16H26N6O3S/c1-5-12(4)18-16(23)17-8-9-22-15-7-6-13(10-14(15)19-21-22)26(24,25)20-11(2)3/h6-7,10-12,20H,5,8-9H2,1-4H3,(H2,17,18,23). The molecule has 0 bridgehead atoms. The summed E-state index contributed by atoms with van der Waals surface area (Å²) in [6.45, 7) is 8.27. The van der Waals surface area contributed by atoms with E-state index in [-0.39, 0.29) is 23.0 Å². The van der Waals surface area contributed by atoms with E-state index in [0.29, 0.717) is 24.1 Å². The van der Waals surface area contributed by atoms with E-state index < -0.39 is 10.0 Å². The van der Waals surface area contributed by atoms with Crippen LogP contribution in [0.3, 0.4) is 0 Å². The van der Waals surface area contributed by atoms with Gasteiger partial charge in [0.05, 0.1) is 17.0 Å². The predicted octanol–water partition coefficient (Wildman–Crippen LogP) is 1.22. The van der Waals surface area contributed by atoms with Gasteiger partial charge in [0.15, 0.2) is 0 Å². The number of hydrogen-bond acceptors (Lipinski definition) is 5. The molecule has 2 rings (SSSR count). The number of rotatable bonds is 8. The van der Waals surface area contributed by atoms with Crippen molar-refractivity contribution in [3.8, 4) is 0 Å². The molecule has 0 aliphatic carbocycles. The average Bonchev–Trinajstić information content (AvgIpc) is 2.96. The third-order valence-corrected chi connectivity index (χ3v) is 5.44. The molecule has 1 atom stereocenters. The van der Waals surface area contributed by atoms with Crippen LogP contribution in [0.4, 0.5) is 4.79 Å². The first kappa shape index (κ1) is 20.1. The first-order valence-corrected chi connectivity index (χ1v) is 10.1. The normalized spacial score (nSPS) is 13.1. The number of hydrogen-bond donors (Lipinski definition) is 3. The molecular formula is C16H26N6O3S. The van der Waals surface area contributed by atoms with Crippen molar-refractivity contribution in [2.45, 2.75) is 57.6 Å². The van der Waals surface area contributed by atoms with Crippen molar-refractivity contribution in [1.29, 1.82) is 0 Å². The van der Waals surface area contributed by atoms with Crippen LogP contribution in [0.1, 0.15) is 34.1 Å². The maximum atomic E-state index is 12.2. The second-order valence-corrected chi connectivity index (χ2v) is 8.16. The van der Waals surface area contributed by atoms with Gasteiger partial charge in [-0.3, -0.25) is 0 Å². The molecule has 0 saturated heterocycles. The van der Waals surface area contributed by atoms with Crippen molar-refractivity contribution in [3.63, 3.8) is 0 Å². The van der Waals surface area contributed by atoms with Crippen LogP contribution in [-0.2, 0) is 16.6 Å². The second kappa shape index (κ2) is 8.45. The second-order valence-electron chi connectivity index (χ2n) is 6.45. The van der Waals surface area contributed by atoms with E-state index in [1.807, 2.05) is 13.8 Å². The number of carbonyl (C=O) groups is 1. The number of carbonyl (C=O) groups excluding carboxylic acids is 1. The zero-order valence-corrected chi connectivity index (χ0v) is 16.3. The number of nitrogens with one attached hydrogen (secondary N) is 3. The lowest BCUT2D eigenvalue weighted by Crippen LogP contribution is -2.41. The summed E-state index contributed by atoms with van der Waals surface area (Å²) >= 11 is 0. The maximum Gasteiger partial charge on any atom is 0.315 e. The van der Waals surface area contributed by atoms with Crippen molar-refractivity contribution >= 4 is 27.1 Å². The summed E-state index contributed by atoms with van der Waals surface area (Å²) in [4.78, 5) is 11.9. The fourth-order valence-corrected chi connectivity index (χ4v) is 3.59. The smallest absolute Gasteiger partial charge is 0.315 e. The number of amides is 2. The molecule has 0 radical (unpaired) electrons. The minimum atomic E-state index is -3.58. The van der Waals surface area contributed by atoms with E-state index in [4.69, 9.17) is 0 Å². The minimum Gasteiger partial charge on any atom is -0.336 e. The van der Waals surface area contributed by atoms with Gasteiger partial charge >= 0.3 is 6.03 Å². The molecule has 0 aliphatic rings. The molecule has 9 nitrogen and oxygen atoms in total. The Labute approximate surface area is 153 Å². The Morgan fingerprint density at radius 1 is 1.27 bits per heavy atom. The van der Waals surface area contributed by atoms with Crippen molar-refractivity contribution in [2.75, 3.05) is 6.54 Å². The van der Waals surface area contributed by atoms with Crippen molar-refractivity contribution in [3.05, 3.63) is 18.2 Å². The summed E-state index contributed by atoms with van der Waals surface area (Å²) in [5.74, 6) is 0. The third kappa shape index (κ3) is 5.15. The fraction of sp³-hybridized carbons (Fsp3) is 0.562. The monoisotopic (exact) mass is 382 g/mol. The molecule has 0 fully saturated rings. The van der Waals surface area contributed by atoms with Gasteiger partial charge in [-0.1, -0.05) is 12.1 Å². The molecule has 1 heterocycles. The molecule has 144 valence electrons. The van der Waals surface area contributed by atoms with Gasteiger partial charge in [0, 0.05) is 18.6 Å². The number of aromatic nitrogens is 3. The van der Waals surface area contributed by atoms with E-state index in [1.54, 1.807) is 24.6 Å². The van der Waals surface area contributed by atoms with Crippen LogP contribution >= 0.6 is 0 Å². The highest BCUT2D eigenvalue weighted by atomic mass is 32.2. The fourth-order valence-electron chi connectivity index (χ4n) is 2.31. The van der Waals surface area contributed by atoms with Crippen molar-refractivity contribution < 1.29 is 13.2 Å². The van der Waals surface area contributed by atoms with Crippen molar-refractivity contribution in [1.82, 2.24) is 30.3 Å². The highest BCUT2D eigenvalue weighted by Gasteiger charge is 2.17. The highest BCUT2D eigenvalue weighted by Crippen LogP contribution is 2.17. The number of urea groups is 1. The van der Waals surface area contributed by atoms with E-state index >= 15 is 0 Å². The third-order valence-electron chi connectivity index (χ3n) is 3.79.